The Morgan fingerprint density at radius 3 is 2.71 bits per heavy atom. The summed E-state index contributed by atoms with van der Waals surface area (Å²) in [4.78, 5) is 12.3. The molecule has 1 amide bonds. The zero-order valence-electron chi connectivity index (χ0n) is 13.3. The number of rotatable bonds is 5. The third-order valence-corrected chi connectivity index (χ3v) is 4.16. The molecule has 1 atom stereocenters. The summed E-state index contributed by atoms with van der Waals surface area (Å²) in [5.74, 6) is -0.323. The van der Waals surface area contributed by atoms with E-state index >= 15 is 0 Å². The lowest BCUT2D eigenvalue weighted by molar-refractivity contribution is -0.142. The molecule has 1 aliphatic carbocycles. The first-order chi connectivity index (χ1) is 11.3. The number of halogens is 3. The molecule has 24 heavy (non-hydrogen) atoms. The van der Waals surface area contributed by atoms with Crippen LogP contribution in [-0.4, -0.2) is 25.5 Å². The Kier molecular flexibility index (Phi) is 4.10. The molecular weight excluding hydrogens is 323 g/mol. The molecule has 3 rings (SSSR count). The largest absolute Gasteiger partial charge is 0.435 e. The predicted octanol–water partition coefficient (Wildman–Crippen LogP) is 2.39. The van der Waals surface area contributed by atoms with Crippen molar-refractivity contribution in [3.05, 3.63) is 35.4 Å². The van der Waals surface area contributed by atoms with E-state index < -0.39 is 17.9 Å². The van der Waals surface area contributed by atoms with Gasteiger partial charge in [0, 0.05) is 24.9 Å². The Hall–Kier alpha value is -2.32. The van der Waals surface area contributed by atoms with Crippen molar-refractivity contribution in [2.75, 3.05) is 0 Å². The smallest absolute Gasteiger partial charge is 0.349 e. The summed E-state index contributed by atoms with van der Waals surface area (Å²) >= 11 is 0. The third-order valence-electron chi connectivity index (χ3n) is 4.16. The zero-order valence-corrected chi connectivity index (χ0v) is 13.3. The molecule has 1 unspecified atom stereocenters. The average molecular weight is 341 g/mol. The number of hydrogen-bond donors (Lipinski definition) is 1. The van der Waals surface area contributed by atoms with E-state index in [1.807, 2.05) is 0 Å². The molecule has 1 saturated carbocycles. The highest BCUT2D eigenvalue weighted by molar-refractivity contribution is 5.79. The second kappa shape index (κ2) is 5.95. The summed E-state index contributed by atoms with van der Waals surface area (Å²) in [7, 11) is 1.75. The molecule has 6 nitrogen and oxygen atoms in total. The molecule has 0 bridgehead atoms. The molecule has 0 aromatic carbocycles. The lowest BCUT2D eigenvalue weighted by Gasteiger charge is -2.15. The van der Waals surface area contributed by atoms with Crippen LogP contribution in [0.15, 0.2) is 18.3 Å². The molecule has 1 fully saturated rings. The minimum atomic E-state index is -4.51. The van der Waals surface area contributed by atoms with Gasteiger partial charge in [-0.3, -0.25) is 14.2 Å². The number of carbonyl (C=O) groups excluding carboxylic acids is 1. The van der Waals surface area contributed by atoms with Gasteiger partial charge in [-0.25, -0.2) is 0 Å². The van der Waals surface area contributed by atoms with Crippen LogP contribution in [0, 0.1) is 0 Å². The molecule has 130 valence electrons. The van der Waals surface area contributed by atoms with Gasteiger partial charge in [-0.05, 0) is 31.9 Å². The Morgan fingerprint density at radius 1 is 1.46 bits per heavy atom. The fraction of sp³-hybridized carbons (Fsp3) is 0.533. The van der Waals surface area contributed by atoms with Gasteiger partial charge in [-0.1, -0.05) is 0 Å². The van der Waals surface area contributed by atoms with Crippen LogP contribution in [0.2, 0.25) is 0 Å². The Morgan fingerprint density at radius 2 is 2.17 bits per heavy atom. The second-order valence-corrected chi connectivity index (χ2v) is 6.01. The summed E-state index contributed by atoms with van der Waals surface area (Å²) in [5, 5.41) is 10.4. The summed E-state index contributed by atoms with van der Waals surface area (Å²) in [6.07, 6.45) is -1.25. The molecule has 2 heterocycles. The van der Waals surface area contributed by atoms with E-state index in [2.05, 4.69) is 15.5 Å². The van der Waals surface area contributed by atoms with E-state index in [4.69, 9.17) is 0 Å². The highest BCUT2D eigenvalue weighted by atomic mass is 19.4. The predicted molar refractivity (Wildman–Crippen MR) is 79.0 cm³/mol. The van der Waals surface area contributed by atoms with Crippen LogP contribution >= 0.6 is 0 Å². The van der Waals surface area contributed by atoms with Crippen molar-refractivity contribution in [1.82, 2.24) is 24.9 Å². The van der Waals surface area contributed by atoms with Gasteiger partial charge < -0.3 is 5.32 Å². The minimum absolute atomic E-state index is 0.0564. The highest BCUT2D eigenvalue weighted by Crippen LogP contribution is 2.42. The minimum Gasteiger partial charge on any atom is -0.349 e. The normalized spacial score (nSPS) is 16.2. The van der Waals surface area contributed by atoms with Crippen molar-refractivity contribution in [3.8, 4) is 0 Å². The van der Waals surface area contributed by atoms with E-state index in [1.54, 1.807) is 30.9 Å². The van der Waals surface area contributed by atoms with Gasteiger partial charge in [-0.15, -0.1) is 0 Å². The number of hydrogen-bond acceptors (Lipinski definition) is 3. The van der Waals surface area contributed by atoms with Gasteiger partial charge >= 0.3 is 6.18 Å². The van der Waals surface area contributed by atoms with Crippen molar-refractivity contribution in [2.24, 2.45) is 7.05 Å². The lowest BCUT2D eigenvalue weighted by atomic mass is 10.2. The molecule has 0 radical (unpaired) electrons. The number of nitrogens with zero attached hydrogens (tertiary/aromatic N) is 4. The van der Waals surface area contributed by atoms with Crippen molar-refractivity contribution < 1.29 is 18.0 Å². The summed E-state index contributed by atoms with van der Waals surface area (Å²) < 4.78 is 41.6. The van der Waals surface area contributed by atoms with Gasteiger partial charge in [-0.2, -0.15) is 23.4 Å². The molecule has 0 aliphatic heterocycles. The first-order valence-electron chi connectivity index (χ1n) is 7.68. The number of amides is 1. The average Bonchev–Trinajstić information content (AvgIpc) is 3.11. The molecule has 1 aliphatic rings. The number of alkyl halides is 3. The maximum atomic E-state index is 12.9. The maximum Gasteiger partial charge on any atom is 0.435 e. The van der Waals surface area contributed by atoms with Gasteiger partial charge in [0.2, 0.25) is 5.91 Å². The van der Waals surface area contributed by atoms with Gasteiger partial charge in [0.05, 0.1) is 12.2 Å². The van der Waals surface area contributed by atoms with Gasteiger partial charge in [0.25, 0.3) is 0 Å². The lowest BCUT2D eigenvalue weighted by Crippen LogP contribution is -2.32. The first kappa shape index (κ1) is 16.5. The van der Waals surface area contributed by atoms with Crippen LogP contribution < -0.4 is 5.32 Å². The monoisotopic (exact) mass is 341 g/mol. The summed E-state index contributed by atoms with van der Waals surface area (Å²) in [6.45, 7) is 1.81. The van der Waals surface area contributed by atoms with Crippen molar-refractivity contribution in [1.29, 1.82) is 0 Å². The van der Waals surface area contributed by atoms with E-state index in [0.29, 0.717) is 5.69 Å². The maximum absolute atomic E-state index is 12.9. The standard InChI is InChI=1S/C15H18F3N5O/c1-9(14(24)19-8-11-5-6-20-22(11)2)23-12(10-3-4-10)7-13(21-23)15(16,17)18/h5-7,9-10H,3-4,8H2,1-2H3,(H,19,24). The van der Waals surface area contributed by atoms with Gasteiger partial charge in [0.1, 0.15) is 6.04 Å². The van der Waals surface area contributed by atoms with Crippen LogP contribution in [0.4, 0.5) is 13.2 Å². The topological polar surface area (TPSA) is 64.7 Å². The molecule has 9 heteroatoms. The zero-order chi connectivity index (χ0) is 17.5. The van der Waals surface area contributed by atoms with Crippen molar-refractivity contribution >= 4 is 5.91 Å². The van der Waals surface area contributed by atoms with Crippen LogP contribution in [-0.2, 0) is 24.6 Å². The number of aromatic nitrogens is 4. The fourth-order valence-corrected chi connectivity index (χ4v) is 2.55. The Labute approximate surface area is 136 Å². The summed E-state index contributed by atoms with van der Waals surface area (Å²) in [5.41, 5.74) is 0.329. The fourth-order valence-electron chi connectivity index (χ4n) is 2.55. The number of nitrogens with one attached hydrogen (secondary N) is 1. The third kappa shape index (κ3) is 3.29. The Bertz CT molecular complexity index is 745. The van der Waals surface area contributed by atoms with E-state index in [-0.39, 0.29) is 18.4 Å². The molecule has 0 spiro atoms. The summed E-state index contributed by atoms with van der Waals surface area (Å²) in [6, 6.07) is 2.00. The molecule has 0 saturated heterocycles. The van der Waals surface area contributed by atoms with Gasteiger partial charge in [0.15, 0.2) is 5.69 Å². The highest BCUT2D eigenvalue weighted by Gasteiger charge is 2.39. The van der Waals surface area contributed by atoms with E-state index in [0.717, 1.165) is 24.6 Å². The van der Waals surface area contributed by atoms with Crippen LogP contribution in [0.5, 0.6) is 0 Å². The van der Waals surface area contributed by atoms with Crippen molar-refractivity contribution in [3.63, 3.8) is 0 Å². The molecule has 2 aromatic rings. The molecule has 2 aromatic heterocycles. The van der Waals surface area contributed by atoms with Crippen LogP contribution in [0.1, 0.15) is 48.8 Å². The van der Waals surface area contributed by atoms with E-state index in [1.165, 1.54) is 4.68 Å². The Balaban J connectivity index is 1.76. The molecule has 1 N–H and O–H groups in total. The van der Waals surface area contributed by atoms with Crippen LogP contribution in [0.3, 0.4) is 0 Å². The number of aryl methyl sites for hydroxylation is 1. The first-order valence-corrected chi connectivity index (χ1v) is 7.68. The van der Waals surface area contributed by atoms with E-state index in [9.17, 15) is 18.0 Å². The number of carbonyl (C=O) groups is 1. The second-order valence-electron chi connectivity index (χ2n) is 6.01. The quantitative estimate of drug-likeness (QED) is 0.908. The van der Waals surface area contributed by atoms with Crippen LogP contribution in [0.25, 0.3) is 0 Å². The molecular formula is C15H18F3N5O. The SMILES string of the molecule is CC(C(=O)NCc1ccnn1C)n1nc(C(F)(F)F)cc1C1CC1. The van der Waals surface area contributed by atoms with Crippen molar-refractivity contribution in [2.45, 2.75) is 44.4 Å².